The molecule has 0 aliphatic carbocycles. The predicted octanol–water partition coefficient (Wildman–Crippen LogP) is 2.82. The van der Waals surface area contributed by atoms with Crippen molar-refractivity contribution in [2.75, 3.05) is 16.3 Å². The van der Waals surface area contributed by atoms with E-state index in [-0.39, 0.29) is 0 Å². The van der Waals surface area contributed by atoms with Crippen LogP contribution in [0.2, 0.25) is 0 Å². The van der Waals surface area contributed by atoms with Crippen molar-refractivity contribution in [1.82, 2.24) is 0 Å². The Kier molecular flexibility index (Phi) is 4.62. The molecule has 0 fully saturated rings. The maximum absolute atomic E-state index is 11.2. The zero-order valence-corrected chi connectivity index (χ0v) is 12.4. The van der Waals surface area contributed by atoms with E-state index in [9.17, 15) is 8.42 Å². The Hall–Kier alpha value is -1.23. The number of rotatable bonds is 5. The van der Waals surface area contributed by atoms with E-state index >= 15 is 0 Å². The molecule has 0 aliphatic heterocycles. The molecule has 1 atom stereocenters. The predicted molar refractivity (Wildman–Crippen MR) is 77.6 cm³/mol. The Morgan fingerprint density at radius 1 is 1.17 bits per heavy atom. The summed E-state index contributed by atoms with van der Waals surface area (Å²) in [5.74, 6) is 0.541. The van der Waals surface area contributed by atoms with Gasteiger partial charge in [-0.05, 0) is 43.5 Å². The van der Waals surface area contributed by atoms with E-state index in [0.29, 0.717) is 17.6 Å². The van der Waals surface area contributed by atoms with Gasteiger partial charge in [0.25, 0.3) is 0 Å². The quantitative estimate of drug-likeness (QED) is 0.865. The molecule has 0 heterocycles. The van der Waals surface area contributed by atoms with Gasteiger partial charge in [-0.3, -0.25) is 4.72 Å². The lowest BCUT2D eigenvalue weighted by Crippen LogP contribution is -2.21. The van der Waals surface area contributed by atoms with Gasteiger partial charge in [0, 0.05) is 11.7 Å². The first kappa shape index (κ1) is 14.8. The van der Waals surface area contributed by atoms with Gasteiger partial charge in [0.1, 0.15) is 0 Å². The minimum Gasteiger partial charge on any atom is -0.382 e. The highest BCUT2D eigenvalue weighted by molar-refractivity contribution is 7.92. The lowest BCUT2D eigenvalue weighted by Gasteiger charge is -2.19. The van der Waals surface area contributed by atoms with Crippen molar-refractivity contribution in [3.8, 4) is 0 Å². The first-order valence-electron chi connectivity index (χ1n) is 6.04. The summed E-state index contributed by atoms with van der Waals surface area (Å²) in [6.45, 7) is 8.33. The summed E-state index contributed by atoms with van der Waals surface area (Å²) in [4.78, 5) is 0. The van der Waals surface area contributed by atoms with Gasteiger partial charge in [-0.2, -0.15) is 0 Å². The largest absolute Gasteiger partial charge is 0.382 e. The first-order chi connectivity index (χ1) is 8.19. The maximum atomic E-state index is 11.2. The van der Waals surface area contributed by atoms with Crippen LogP contribution in [-0.4, -0.2) is 20.7 Å². The maximum Gasteiger partial charge on any atom is 0.229 e. The number of sulfonamides is 1. The second kappa shape index (κ2) is 5.61. The SMILES string of the molecule is Cc1cc(NC(C)C(C)C)ccc1NS(C)(=O)=O. The second-order valence-electron chi connectivity index (χ2n) is 5.08. The molecule has 5 heteroatoms. The van der Waals surface area contributed by atoms with E-state index in [1.807, 2.05) is 19.1 Å². The van der Waals surface area contributed by atoms with Crippen molar-refractivity contribution in [3.05, 3.63) is 23.8 Å². The van der Waals surface area contributed by atoms with Crippen LogP contribution < -0.4 is 10.0 Å². The van der Waals surface area contributed by atoms with Gasteiger partial charge in [-0.15, -0.1) is 0 Å². The highest BCUT2D eigenvalue weighted by Gasteiger charge is 2.09. The van der Waals surface area contributed by atoms with Gasteiger partial charge in [0.2, 0.25) is 10.0 Å². The van der Waals surface area contributed by atoms with Crippen LogP contribution in [0.25, 0.3) is 0 Å². The summed E-state index contributed by atoms with van der Waals surface area (Å²) >= 11 is 0. The van der Waals surface area contributed by atoms with E-state index < -0.39 is 10.0 Å². The summed E-state index contributed by atoms with van der Waals surface area (Å²) in [6, 6.07) is 6.00. The highest BCUT2D eigenvalue weighted by atomic mass is 32.2. The van der Waals surface area contributed by atoms with Gasteiger partial charge in [0.05, 0.1) is 11.9 Å². The normalized spacial score (nSPS) is 13.4. The van der Waals surface area contributed by atoms with Crippen molar-refractivity contribution in [2.45, 2.75) is 33.7 Å². The van der Waals surface area contributed by atoms with Crippen LogP contribution in [0.3, 0.4) is 0 Å². The van der Waals surface area contributed by atoms with Crippen molar-refractivity contribution in [2.24, 2.45) is 5.92 Å². The molecule has 0 bridgehead atoms. The highest BCUT2D eigenvalue weighted by Crippen LogP contribution is 2.21. The molecule has 0 spiro atoms. The Labute approximate surface area is 110 Å². The van der Waals surface area contributed by atoms with Crippen molar-refractivity contribution in [1.29, 1.82) is 0 Å². The molecule has 18 heavy (non-hydrogen) atoms. The van der Waals surface area contributed by atoms with Gasteiger partial charge in [0.15, 0.2) is 0 Å². The molecule has 1 aromatic rings. The first-order valence-corrected chi connectivity index (χ1v) is 7.93. The van der Waals surface area contributed by atoms with Crippen LogP contribution in [0, 0.1) is 12.8 Å². The summed E-state index contributed by atoms with van der Waals surface area (Å²) in [5, 5.41) is 3.39. The summed E-state index contributed by atoms with van der Waals surface area (Å²) < 4.78 is 24.9. The minimum atomic E-state index is -3.22. The van der Waals surface area contributed by atoms with E-state index in [4.69, 9.17) is 0 Å². The minimum absolute atomic E-state index is 0.373. The topological polar surface area (TPSA) is 58.2 Å². The third-order valence-electron chi connectivity index (χ3n) is 2.92. The molecule has 0 aliphatic rings. The molecule has 1 aromatic carbocycles. The third kappa shape index (κ3) is 4.56. The van der Waals surface area contributed by atoms with Crippen LogP contribution in [0.15, 0.2) is 18.2 Å². The van der Waals surface area contributed by atoms with Crippen molar-refractivity contribution < 1.29 is 8.42 Å². The molecule has 4 nitrogen and oxygen atoms in total. The molecule has 1 unspecified atom stereocenters. The van der Waals surface area contributed by atoms with E-state index in [0.717, 1.165) is 17.5 Å². The van der Waals surface area contributed by atoms with Gasteiger partial charge < -0.3 is 5.32 Å². The Morgan fingerprint density at radius 3 is 2.22 bits per heavy atom. The Balaban J connectivity index is 2.86. The number of aryl methyl sites for hydroxylation is 1. The summed E-state index contributed by atoms with van der Waals surface area (Å²) in [7, 11) is -3.22. The van der Waals surface area contributed by atoms with Crippen LogP contribution in [0.1, 0.15) is 26.3 Å². The molecular weight excluding hydrogens is 248 g/mol. The monoisotopic (exact) mass is 270 g/mol. The molecule has 102 valence electrons. The lowest BCUT2D eigenvalue weighted by molar-refractivity contribution is 0.560. The average molecular weight is 270 g/mol. The molecule has 0 amide bonds. The number of hydrogen-bond acceptors (Lipinski definition) is 3. The molecular formula is C13H22N2O2S. The third-order valence-corrected chi connectivity index (χ3v) is 3.51. The van der Waals surface area contributed by atoms with Crippen molar-refractivity contribution >= 4 is 21.4 Å². The van der Waals surface area contributed by atoms with Gasteiger partial charge >= 0.3 is 0 Å². The van der Waals surface area contributed by atoms with Crippen LogP contribution >= 0.6 is 0 Å². The lowest BCUT2D eigenvalue weighted by atomic mass is 10.1. The Bertz CT molecular complexity index is 510. The van der Waals surface area contributed by atoms with Gasteiger partial charge in [-0.25, -0.2) is 8.42 Å². The number of benzene rings is 1. The number of nitrogens with one attached hydrogen (secondary N) is 2. The summed E-state index contributed by atoms with van der Waals surface area (Å²) in [5.41, 5.74) is 2.54. The summed E-state index contributed by atoms with van der Waals surface area (Å²) in [6.07, 6.45) is 1.15. The Morgan fingerprint density at radius 2 is 1.78 bits per heavy atom. The standard InChI is InChI=1S/C13H22N2O2S/c1-9(2)11(4)14-12-6-7-13(10(3)8-12)15-18(5,16)17/h6-9,11,14-15H,1-5H3. The zero-order valence-electron chi connectivity index (χ0n) is 11.6. The number of anilines is 2. The molecule has 0 aromatic heterocycles. The van der Waals surface area contributed by atoms with Crippen molar-refractivity contribution in [3.63, 3.8) is 0 Å². The molecule has 0 radical (unpaired) electrons. The fourth-order valence-electron chi connectivity index (χ4n) is 1.50. The fraction of sp³-hybridized carbons (Fsp3) is 0.538. The van der Waals surface area contributed by atoms with E-state index in [1.165, 1.54) is 0 Å². The van der Waals surface area contributed by atoms with Gasteiger partial charge in [-0.1, -0.05) is 13.8 Å². The smallest absolute Gasteiger partial charge is 0.229 e. The van der Waals surface area contributed by atoms with E-state index in [2.05, 4.69) is 30.8 Å². The number of hydrogen-bond donors (Lipinski definition) is 2. The molecule has 0 saturated carbocycles. The molecule has 1 rings (SSSR count). The zero-order chi connectivity index (χ0) is 13.9. The van der Waals surface area contributed by atoms with E-state index in [1.54, 1.807) is 6.07 Å². The van der Waals surface area contributed by atoms with Crippen LogP contribution in [0.4, 0.5) is 11.4 Å². The molecule has 0 saturated heterocycles. The van der Waals surface area contributed by atoms with Crippen LogP contribution in [-0.2, 0) is 10.0 Å². The molecule has 2 N–H and O–H groups in total. The second-order valence-corrected chi connectivity index (χ2v) is 6.83. The average Bonchev–Trinajstić information content (AvgIpc) is 2.20. The van der Waals surface area contributed by atoms with Crippen LogP contribution in [0.5, 0.6) is 0 Å². The fourth-order valence-corrected chi connectivity index (χ4v) is 2.13.